The van der Waals surface area contributed by atoms with E-state index in [1.54, 1.807) is 66.7 Å². The van der Waals surface area contributed by atoms with Gasteiger partial charge in [-0.2, -0.15) is 0 Å². The first-order valence-electron chi connectivity index (χ1n) is 7.74. The summed E-state index contributed by atoms with van der Waals surface area (Å²) in [5.41, 5.74) is 1.12. The third kappa shape index (κ3) is 3.58. The molecule has 0 saturated carbocycles. The number of ketones is 1. The van der Waals surface area contributed by atoms with Crippen molar-refractivity contribution in [2.45, 2.75) is 0 Å². The molecule has 0 amide bonds. The van der Waals surface area contributed by atoms with E-state index in [4.69, 9.17) is 9.47 Å². The van der Waals surface area contributed by atoms with Crippen molar-refractivity contribution < 1.29 is 19.1 Å². The van der Waals surface area contributed by atoms with Gasteiger partial charge in [0, 0.05) is 5.56 Å². The molecule has 3 aromatic rings. The molecule has 0 aliphatic heterocycles. The van der Waals surface area contributed by atoms with Gasteiger partial charge >= 0.3 is 5.97 Å². The van der Waals surface area contributed by atoms with Gasteiger partial charge in [-0.15, -0.1) is 0 Å². The summed E-state index contributed by atoms with van der Waals surface area (Å²) < 4.78 is 10.8. The predicted octanol–water partition coefficient (Wildman–Crippen LogP) is 4.15. The summed E-state index contributed by atoms with van der Waals surface area (Å²) in [7, 11) is 1.47. The minimum atomic E-state index is -0.532. The Bertz CT molecular complexity index is 886. The van der Waals surface area contributed by atoms with E-state index in [9.17, 15) is 9.59 Å². The highest BCUT2D eigenvalue weighted by molar-refractivity contribution is 6.13. The van der Waals surface area contributed by atoms with Crippen LogP contribution in [-0.4, -0.2) is 18.9 Å². The van der Waals surface area contributed by atoms with Crippen molar-refractivity contribution in [1.82, 2.24) is 0 Å². The molecule has 124 valence electrons. The van der Waals surface area contributed by atoms with Crippen molar-refractivity contribution in [3.05, 3.63) is 95.6 Å². The minimum Gasteiger partial charge on any atom is -0.496 e. The molecule has 3 aromatic carbocycles. The molecule has 0 saturated heterocycles. The molecule has 0 aliphatic rings. The highest BCUT2D eigenvalue weighted by atomic mass is 16.5. The largest absolute Gasteiger partial charge is 0.496 e. The molecule has 0 fully saturated rings. The van der Waals surface area contributed by atoms with Gasteiger partial charge in [0.15, 0.2) is 0 Å². The molecular formula is C21H16O4. The van der Waals surface area contributed by atoms with E-state index in [0.29, 0.717) is 16.9 Å². The van der Waals surface area contributed by atoms with Gasteiger partial charge in [0.2, 0.25) is 5.78 Å². The number of benzene rings is 3. The van der Waals surface area contributed by atoms with Gasteiger partial charge in [0.25, 0.3) is 0 Å². The number of hydrogen-bond acceptors (Lipinski definition) is 4. The minimum absolute atomic E-state index is 0.169. The van der Waals surface area contributed by atoms with Gasteiger partial charge in [-0.3, -0.25) is 4.79 Å². The van der Waals surface area contributed by atoms with E-state index in [-0.39, 0.29) is 17.1 Å². The average molecular weight is 332 g/mol. The highest BCUT2D eigenvalue weighted by Crippen LogP contribution is 2.31. The molecule has 0 spiro atoms. The van der Waals surface area contributed by atoms with E-state index in [0.717, 1.165) is 0 Å². The second kappa shape index (κ2) is 7.45. The van der Waals surface area contributed by atoms with Gasteiger partial charge in [-0.1, -0.05) is 54.6 Å². The molecule has 0 bridgehead atoms. The lowest BCUT2D eigenvalue weighted by molar-refractivity contribution is 0.0732. The summed E-state index contributed by atoms with van der Waals surface area (Å²) in [6, 6.07) is 22.3. The number of hydrogen-bond donors (Lipinski definition) is 0. The molecule has 0 aliphatic carbocycles. The molecule has 0 unspecified atom stereocenters. The third-order valence-corrected chi connectivity index (χ3v) is 3.68. The predicted molar refractivity (Wildman–Crippen MR) is 94.3 cm³/mol. The maximum Gasteiger partial charge on any atom is 0.343 e. The summed E-state index contributed by atoms with van der Waals surface area (Å²) in [5, 5.41) is 0. The molecule has 0 radical (unpaired) electrons. The van der Waals surface area contributed by atoms with Crippen LogP contribution in [0.15, 0.2) is 78.9 Å². The number of methoxy groups -OCH3 is 1. The van der Waals surface area contributed by atoms with Gasteiger partial charge in [-0.05, 0) is 24.3 Å². The fraction of sp³-hybridized carbons (Fsp3) is 0.0476. The first-order chi connectivity index (χ1) is 12.2. The van der Waals surface area contributed by atoms with Gasteiger partial charge in [0.05, 0.1) is 12.7 Å². The smallest absolute Gasteiger partial charge is 0.343 e. The van der Waals surface area contributed by atoms with Gasteiger partial charge in [0.1, 0.15) is 17.1 Å². The SMILES string of the molecule is COc1cccc(OC(=O)c2ccccc2)c1C(=O)c1ccccc1. The normalized spacial score (nSPS) is 10.1. The molecule has 3 rings (SSSR count). The van der Waals surface area contributed by atoms with Crippen LogP contribution in [0.1, 0.15) is 26.3 Å². The summed E-state index contributed by atoms with van der Waals surface area (Å²) in [4.78, 5) is 25.2. The first-order valence-corrected chi connectivity index (χ1v) is 7.74. The van der Waals surface area contributed by atoms with E-state index >= 15 is 0 Å². The average Bonchev–Trinajstić information content (AvgIpc) is 2.68. The summed E-state index contributed by atoms with van der Waals surface area (Å²) in [6.07, 6.45) is 0. The number of carbonyl (C=O) groups excluding carboxylic acids is 2. The van der Waals surface area contributed by atoms with Crippen molar-refractivity contribution in [2.24, 2.45) is 0 Å². The van der Waals surface area contributed by atoms with Crippen molar-refractivity contribution in [3.63, 3.8) is 0 Å². The van der Waals surface area contributed by atoms with Crippen molar-refractivity contribution in [2.75, 3.05) is 7.11 Å². The zero-order valence-corrected chi connectivity index (χ0v) is 13.6. The maximum atomic E-state index is 12.9. The molecule has 0 N–H and O–H groups in total. The quantitative estimate of drug-likeness (QED) is 0.400. The molecule has 25 heavy (non-hydrogen) atoms. The van der Waals surface area contributed by atoms with Crippen LogP contribution in [0.2, 0.25) is 0 Å². The topological polar surface area (TPSA) is 52.6 Å². The summed E-state index contributed by atoms with van der Waals surface area (Å²) in [5.74, 6) is -0.279. The van der Waals surface area contributed by atoms with Crippen LogP contribution < -0.4 is 9.47 Å². The molecule has 4 nitrogen and oxygen atoms in total. The van der Waals surface area contributed by atoms with Gasteiger partial charge < -0.3 is 9.47 Å². The van der Waals surface area contributed by atoms with Crippen LogP contribution >= 0.6 is 0 Å². The van der Waals surface area contributed by atoms with E-state index in [1.165, 1.54) is 7.11 Å². The molecule has 0 aromatic heterocycles. The second-order valence-corrected chi connectivity index (χ2v) is 5.28. The molecular weight excluding hydrogens is 316 g/mol. The van der Waals surface area contributed by atoms with Crippen molar-refractivity contribution in [1.29, 1.82) is 0 Å². The van der Waals surface area contributed by atoms with Crippen molar-refractivity contribution >= 4 is 11.8 Å². The van der Waals surface area contributed by atoms with Crippen LogP contribution in [0.3, 0.4) is 0 Å². The zero-order chi connectivity index (χ0) is 17.6. The number of ether oxygens (including phenoxy) is 2. The Hall–Kier alpha value is -3.40. The summed E-state index contributed by atoms with van der Waals surface area (Å²) in [6.45, 7) is 0. The number of esters is 1. The standard InChI is InChI=1S/C21H16O4/c1-24-17-13-8-14-18(25-21(23)16-11-6-3-7-12-16)19(17)20(22)15-9-4-2-5-10-15/h2-14H,1H3. The Morgan fingerprint density at radius 2 is 1.24 bits per heavy atom. The highest BCUT2D eigenvalue weighted by Gasteiger charge is 2.22. The Balaban J connectivity index is 2.00. The lowest BCUT2D eigenvalue weighted by Crippen LogP contribution is -2.13. The fourth-order valence-electron chi connectivity index (χ4n) is 2.46. The van der Waals surface area contributed by atoms with Gasteiger partial charge in [-0.25, -0.2) is 4.79 Å². The molecule has 0 heterocycles. The molecule has 4 heteroatoms. The first kappa shape index (κ1) is 16.5. The third-order valence-electron chi connectivity index (χ3n) is 3.68. The Labute approximate surface area is 145 Å². The van der Waals surface area contributed by atoms with Crippen LogP contribution in [0.4, 0.5) is 0 Å². The second-order valence-electron chi connectivity index (χ2n) is 5.28. The van der Waals surface area contributed by atoms with E-state index in [1.807, 2.05) is 12.1 Å². The maximum absolute atomic E-state index is 12.9. The lowest BCUT2D eigenvalue weighted by atomic mass is 10.0. The van der Waals surface area contributed by atoms with E-state index < -0.39 is 5.97 Å². The van der Waals surface area contributed by atoms with Crippen LogP contribution in [0.25, 0.3) is 0 Å². The Kier molecular flexibility index (Phi) is 4.90. The summed E-state index contributed by atoms with van der Waals surface area (Å²) >= 11 is 0. The van der Waals surface area contributed by atoms with Crippen LogP contribution in [0, 0.1) is 0 Å². The Morgan fingerprint density at radius 1 is 0.680 bits per heavy atom. The lowest BCUT2D eigenvalue weighted by Gasteiger charge is -2.13. The van der Waals surface area contributed by atoms with Crippen molar-refractivity contribution in [3.8, 4) is 11.5 Å². The molecule has 0 atom stereocenters. The van der Waals surface area contributed by atoms with E-state index in [2.05, 4.69) is 0 Å². The van der Waals surface area contributed by atoms with Crippen LogP contribution in [-0.2, 0) is 0 Å². The zero-order valence-electron chi connectivity index (χ0n) is 13.6. The fourth-order valence-corrected chi connectivity index (χ4v) is 2.46. The number of rotatable bonds is 5. The monoisotopic (exact) mass is 332 g/mol. The van der Waals surface area contributed by atoms with Crippen LogP contribution in [0.5, 0.6) is 11.5 Å². The number of carbonyl (C=O) groups is 2. The Morgan fingerprint density at radius 3 is 1.84 bits per heavy atom.